The van der Waals surface area contributed by atoms with Crippen molar-refractivity contribution in [2.24, 2.45) is 0 Å². The highest BCUT2D eigenvalue weighted by atomic mass is 32.1. The SMILES string of the molecule is CCN1C(=O)C(=Cc2ccc(-c3cccc(F)c3)o2)C(=O)N(CC)C1=S. The molecule has 2 heterocycles. The number of thiocarbonyl (C=S) groups is 1. The van der Waals surface area contributed by atoms with E-state index < -0.39 is 11.8 Å². The first-order chi connectivity index (χ1) is 12.5. The summed E-state index contributed by atoms with van der Waals surface area (Å²) in [6.07, 6.45) is 1.40. The van der Waals surface area contributed by atoms with Gasteiger partial charge in [-0.1, -0.05) is 12.1 Å². The summed E-state index contributed by atoms with van der Waals surface area (Å²) in [6.45, 7) is 4.32. The smallest absolute Gasteiger partial charge is 0.265 e. The lowest BCUT2D eigenvalue weighted by atomic mass is 10.1. The highest BCUT2D eigenvalue weighted by Gasteiger charge is 2.38. The number of furan rings is 1. The highest BCUT2D eigenvalue weighted by Crippen LogP contribution is 2.26. The van der Waals surface area contributed by atoms with Gasteiger partial charge in [-0.25, -0.2) is 4.39 Å². The van der Waals surface area contributed by atoms with Gasteiger partial charge in [0.05, 0.1) is 0 Å². The van der Waals surface area contributed by atoms with E-state index in [0.717, 1.165) is 0 Å². The second-order valence-electron chi connectivity index (χ2n) is 5.65. The molecule has 0 saturated carbocycles. The molecule has 0 aliphatic carbocycles. The van der Waals surface area contributed by atoms with Crippen LogP contribution in [0.5, 0.6) is 0 Å². The molecule has 1 fully saturated rings. The van der Waals surface area contributed by atoms with Gasteiger partial charge < -0.3 is 4.42 Å². The van der Waals surface area contributed by atoms with Gasteiger partial charge in [0.15, 0.2) is 5.11 Å². The molecular weight excluding hydrogens is 355 g/mol. The lowest BCUT2D eigenvalue weighted by Gasteiger charge is -2.35. The van der Waals surface area contributed by atoms with Gasteiger partial charge in [0.25, 0.3) is 11.8 Å². The first kappa shape index (κ1) is 18.0. The Morgan fingerprint density at radius 2 is 1.73 bits per heavy atom. The minimum Gasteiger partial charge on any atom is -0.457 e. The quantitative estimate of drug-likeness (QED) is 0.469. The zero-order valence-electron chi connectivity index (χ0n) is 14.4. The molecule has 0 bridgehead atoms. The molecule has 5 nitrogen and oxygen atoms in total. The Kier molecular flexibility index (Phi) is 4.99. The van der Waals surface area contributed by atoms with E-state index in [9.17, 15) is 14.0 Å². The number of likely N-dealkylation sites (N-methyl/N-ethyl adjacent to an activating group) is 2. The monoisotopic (exact) mass is 372 g/mol. The lowest BCUT2D eigenvalue weighted by molar-refractivity contribution is -0.133. The zero-order chi connectivity index (χ0) is 18.8. The molecule has 1 saturated heterocycles. The van der Waals surface area contributed by atoms with Crippen LogP contribution in [0.4, 0.5) is 4.39 Å². The van der Waals surface area contributed by atoms with Crippen LogP contribution in [0.25, 0.3) is 17.4 Å². The fourth-order valence-corrected chi connectivity index (χ4v) is 3.18. The largest absolute Gasteiger partial charge is 0.457 e. The number of carbonyl (C=O) groups is 2. The summed E-state index contributed by atoms with van der Waals surface area (Å²) >= 11 is 5.22. The van der Waals surface area contributed by atoms with Gasteiger partial charge >= 0.3 is 0 Å². The van der Waals surface area contributed by atoms with Gasteiger partial charge in [-0.2, -0.15) is 0 Å². The van der Waals surface area contributed by atoms with Gasteiger partial charge in [0.1, 0.15) is 22.9 Å². The molecule has 0 atom stereocenters. The van der Waals surface area contributed by atoms with Crippen molar-refractivity contribution in [3.63, 3.8) is 0 Å². The number of amides is 2. The topological polar surface area (TPSA) is 53.8 Å². The van der Waals surface area contributed by atoms with Crippen LogP contribution in [0, 0.1) is 5.82 Å². The van der Waals surface area contributed by atoms with Gasteiger partial charge in [-0.3, -0.25) is 19.4 Å². The lowest BCUT2D eigenvalue weighted by Crippen LogP contribution is -2.55. The van der Waals surface area contributed by atoms with Crippen LogP contribution < -0.4 is 0 Å². The summed E-state index contributed by atoms with van der Waals surface area (Å²) in [7, 11) is 0. The molecule has 7 heteroatoms. The number of nitrogens with zero attached hydrogens (tertiary/aromatic N) is 2. The van der Waals surface area contributed by atoms with Crippen molar-refractivity contribution in [1.29, 1.82) is 0 Å². The minimum absolute atomic E-state index is 0.0116. The normalized spacial score (nSPS) is 15.0. The second kappa shape index (κ2) is 7.21. The molecule has 26 heavy (non-hydrogen) atoms. The molecule has 0 unspecified atom stereocenters. The van der Waals surface area contributed by atoms with Crippen LogP contribution in [-0.2, 0) is 9.59 Å². The number of carbonyl (C=O) groups excluding carboxylic acids is 2. The van der Waals surface area contributed by atoms with E-state index in [1.807, 2.05) is 0 Å². The van der Waals surface area contributed by atoms with Crippen molar-refractivity contribution in [2.75, 3.05) is 13.1 Å². The molecule has 1 aliphatic heterocycles. The standard InChI is InChI=1S/C19H17FN2O3S/c1-3-21-17(23)15(18(24)22(4-2)19(21)26)11-14-8-9-16(25-14)12-6-5-7-13(20)10-12/h5-11H,3-4H2,1-2H3. The molecular formula is C19H17FN2O3S. The average molecular weight is 372 g/mol. The van der Waals surface area contributed by atoms with E-state index in [4.69, 9.17) is 16.6 Å². The van der Waals surface area contributed by atoms with E-state index >= 15 is 0 Å². The summed E-state index contributed by atoms with van der Waals surface area (Å²) in [4.78, 5) is 27.9. The van der Waals surface area contributed by atoms with Crippen molar-refractivity contribution >= 4 is 35.2 Å². The fraction of sp³-hybridized carbons (Fsp3) is 0.211. The van der Waals surface area contributed by atoms with E-state index in [1.165, 1.54) is 28.0 Å². The molecule has 1 aliphatic rings. The highest BCUT2D eigenvalue weighted by molar-refractivity contribution is 7.80. The first-order valence-electron chi connectivity index (χ1n) is 8.21. The summed E-state index contributed by atoms with van der Waals surface area (Å²) in [6, 6.07) is 9.29. The number of hydrogen-bond acceptors (Lipinski definition) is 4. The molecule has 0 spiro atoms. The summed E-state index contributed by atoms with van der Waals surface area (Å²) in [5.74, 6) is -0.489. The van der Waals surface area contributed by atoms with Gasteiger partial charge in [0.2, 0.25) is 0 Å². The van der Waals surface area contributed by atoms with E-state index in [-0.39, 0.29) is 16.5 Å². The Bertz CT molecular complexity index is 891. The average Bonchev–Trinajstić information content (AvgIpc) is 3.08. The summed E-state index contributed by atoms with van der Waals surface area (Å²) in [5, 5.41) is 0.210. The van der Waals surface area contributed by atoms with Crippen molar-refractivity contribution in [1.82, 2.24) is 9.80 Å². The molecule has 0 N–H and O–H groups in total. The van der Waals surface area contributed by atoms with Crippen molar-refractivity contribution < 1.29 is 18.4 Å². The summed E-state index contributed by atoms with van der Waals surface area (Å²) < 4.78 is 19.0. The number of hydrogen-bond donors (Lipinski definition) is 0. The Hall–Kier alpha value is -2.80. The van der Waals surface area contributed by atoms with Crippen LogP contribution in [0.3, 0.4) is 0 Å². The van der Waals surface area contributed by atoms with Crippen molar-refractivity contribution in [3.05, 3.63) is 53.5 Å². The third-order valence-electron chi connectivity index (χ3n) is 4.07. The van der Waals surface area contributed by atoms with Gasteiger partial charge in [-0.05, 0) is 56.4 Å². The van der Waals surface area contributed by atoms with Crippen LogP contribution in [0.1, 0.15) is 19.6 Å². The predicted molar refractivity (Wildman–Crippen MR) is 99.5 cm³/mol. The van der Waals surface area contributed by atoms with Crippen molar-refractivity contribution in [2.45, 2.75) is 13.8 Å². The molecule has 2 aromatic rings. The Morgan fingerprint density at radius 3 is 2.31 bits per heavy atom. The second-order valence-corrected chi connectivity index (χ2v) is 6.02. The Morgan fingerprint density at radius 1 is 1.08 bits per heavy atom. The number of benzene rings is 1. The number of rotatable bonds is 4. The van der Waals surface area contributed by atoms with Crippen LogP contribution in [0.15, 0.2) is 46.4 Å². The number of halogens is 1. The van der Waals surface area contributed by atoms with Crippen LogP contribution in [0.2, 0.25) is 0 Å². The van der Waals surface area contributed by atoms with Crippen LogP contribution in [-0.4, -0.2) is 39.8 Å². The predicted octanol–water partition coefficient (Wildman–Crippen LogP) is 3.46. The van der Waals surface area contributed by atoms with E-state index in [2.05, 4.69) is 0 Å². The Balaban J connectivity index is 1.97. The van der Waals surface area contributed by atoms with Gasteiger partial charge in [-0.15, -0.1) is 0 Å². The third-order valence-corrected chi connectivity index (χ3v) is 4.51. The molecule has 3 rings (SSSR count). The zero-order valence-corrected chi connectivity index (χ0v) is 15.2. The Labute approximate surface area is 155 Å². The van der Waals surface area contributed by atoms with E-state index in [1.54, 1.807) is 38.1 Å². The maximum absolute atomic E-state index is 13.4. The van der Waals surface area contributed by atoms with Gasteiger partial charge in [0, 0.05) is 18.7 Å². The van der Waals surface area contributed by atoms with Crippen LogP contribution >= 0.6 is 12.2 Å². The third kappa shape index (κ3) is 3.17. The molecule has 1 aromatic carbocycles. The summed E-state index contributed by atoms with van der Waals surface area (Å²) in [5.41, 5.74) is 0.560. The van der Waals surface area contributed by atoms with Crippen molar-refractivity contribution in [3.8, 4) is 11.3 Å². The maximum Gasteiger partial charge on any atom is 0.265 e. The van der Waals surface area contributed by atoms with E-state index in [0.29, 0.717) is 30.2 Å². The molecule has 2 amide bonds. The molecule has 134 valence electrons. The fourth-order valence-electron chi connectivity index (χ4n) is 2.75. The molecule has 0 radical (unpaired) electrons. The molecule has 1 aromatic heterocycles. The first-order valence-corrected chi connectivity index (χ1v) is 8.62. The minimum atomic E-state index is -0.448. The maximum atomic E-state index is 13.4.